The predicted molar refractivity (Wildman–Crippen MR) is 111 cm³/mol. The van der Waals surface area contributed by atoms with E-state index in [2.05, 4.69) is 16.3 Å². The Labute approximate surface area is 167 Å². The largest absolute Gasteiger partial charge is 0.496 e. The van der Waals surface area contributed by atoms with Gasteiger partial charge in [0.25, 0.3) is 0 Å². The van der Waals surface area contributed by atoms with Crippen LogP contribution in [0.1, 0.15) is 36.4 Å². The Morgan fingerprint density at radius 3 is 2.36 bits per heavy atom. The van der Waals surface area contributed by atoms with E-state index in [1.807, 2.05) is 42.5 Å². The highest BCUT2D eigenvalue weighted by Gasteiger charge is 2.26. The molecule has 1 N–H and O–H groups in total. The quantitative estimate of drug-likeness (QED) is 0.720. The SMILES string of the molecule is COc1ccccc1CCC(=O)NCC(c1ccccc1OC)N1CCCC1. The second kappa shape index (κ2) is 10.1. The van der Waals surface area contributed by atoms with Crippen LogP contribution in [0.5, 0.6) is 11.5 Å². The van der Waals surface area contributed by atoms with Crippen LogP contribution in [0.25, 0.3) is 0 Å². The smallest absolute Gasteiger partial charge is 0.220 e. The fourth-order valence-corrected chi connectivity index (χ4v) is 3.89. The number of ether oxygens (including phenoxy) is 2. The number of nitrogens with zero attached hydrogens (tertiary/aromatic N) is 1. The van der Waals surface area contributed by atoms with E-state index in [1.54, 1.807) is 14.2 Å². The molecule has 0 saturated carbocycles. The van der Waals surface area contributed by atoms with Gasteiger partial charge in [0.15, 0.2) is 0 Å². The van der Waals surface area contributed by atoms with Crippen LogP contribution in [0, 0.1) is 0 Å². The number of carbonyl (C=O) groups excluding carboxylic acids is 1. The molecule has 1 unspecified atom stereocenters. The van der Waals surface area contributed by atoms with E-state index in [9.17, 15) is 4.79 Å². The fraction of sp³-hybridized carbons (Fsp3) is 0.435. The Morgan fingerprint density at radius 2 is 1.64 bits per heavy atom. The van der Waals surface area contributed by atoms with Gasteiger partial charge in [-0.25, -0.2) is 0 Å². The monoisotopic (exact) mass is 382 g/mol. The van der Waals surface area contributed by atoms with Gasteiger partial charge in [-0.1, -0.05) is 36.4 Å². The van der Waals surface area contributed by atoms with Gasteiger partial charge < -0.3 is 14.8 Å². The van der Waals surface area contributed by atoms with E-state index in [0.29, 0.717) is 19.4 Å². The molecule has 0 aliphatic carbocycles. The molecule has 3 rings (SSSR count). The molecule has 1 heterocycles. The van der Waals surface area contributed by atoms with E-state index in [0.717, 1.165) is 35.7 Å². The lowest BCUT2D eigenvalue weighted by Gasteiger charge is -2.29. The van der Waals surface area contributed by atoms with Gasteiger partial charge >= 0.3 is 0 Å². The third kappa shape index (κ3) is 5.04. The first-order chi connectivity index (χ1) is 13.7. The molecular weight excluding hydrogens is 352 g/mol. The predicted octanol–water partition coefficient (Wildman–Crippen LogP) is 3.59. The maximum Gasteiger partial charge on any atom is 0.220 e. The Bertz CT molecular complexity index is 772. The van der Waals surface area contributed by atoms with E-state index in [4.69, 9.17) is 9.47 Å². The van der Waals surface area contributed by atoms with E-state index in [1.165, 1.54) is 12.8 Å². The first kappa shape index (κ1) is 20.2. The number of para-hydroxylation sites is 2. The second-order valence-corrected chi connectivity index (χ2v) is 7.12. The number of carbonyl (C=O) groups is 1. The third-order valence-corrected chi connectivity index (χ3v) is 5.39. The summed E-state index contributed by atoms with van der Waals surface area (Å²) in [6, 6.07) is 16.1. The summed E-state index contributed by atoms with van der Waals surface area (Å²) in [5, 5.41) is 3.14. The van der Waals surface area contributed by atoms with Gasteiger partial charge in [0.1, 0.15) is 11.5 Å². The van der Waals surface area contributed by atoms with Crippen LogP contribution in [-0.2, 0) is 11.2 Å². The van der Waals surface area contributed by atoms with E-state index in [-0.39, 0.29) is 11.9 Å². The Balaban J connectivity index is 1.62. The van der Waals surface area contributed by atoms with Crippen LogP contribution in [0.3, 0.4) is 0 Å². The average Bonchev–Trinajstić information content (AvgIpc) is 3.27. The number of aryl methyl sites for hydroxylation is 1. The molecule has 1 atom stereocenters. The summed E-state index contributed by atoms with van der Waals surface area (Å²) >= 11 is 0. The number of methoxy groups -OCH3 is 2. The topological polar surface area (TPSA) is 50.8 Å². The molecule has 1 saturated heterocycles. The number of likely N-dealkylation sites (tertiary alicyclic amines) is 1. The minimum atomic E-state index is 0.0602. The summed E-state index contributed by atoms with van der Waals surface area (Å²) < 4.78 is 10.9. The summed E-state index contributed by atoms with van der Waals surface area (Å²) in [6.45, 7) is 2.70. The van der Waals surface area contributed by atoms with Crippen molar-refractivity contribution in [2.75, 3.05) is 33.9 Å². The number of benzene rings is 2. The van der Waals surface area contributed by atoms with Crippen molar-refractivity contribution in [2.24, 2.45) is 0 Å². The summed E-state index contributed by atoms with van der Waals surface area (Å²) in [7, 11) is 3.36. The first-order valence-electron chi connectivity index (χ1n) is 9.98. The molecular formula is C23H30N2O3. The molecule has 1 fully saturated rings. The van der Waals surface area contributed by atoms with Crippen LogP contribution in [0.4, 0.5) is 0 Å². The fourth-order valence-electron chi connectivity index (χ4n) is 3.89. The number of nitrogens with one attached hydrogen (secondary N) is 1. The van der Waals surface area contributed by atoms with Crippen molar-refractivity contribution < 1.29 is 14.3 Å². The first-order valence-corrected chi connectivity index (χ1v) is 9.98. The minimum Gasteiger partial charge on any atom is -0.496 e. The number of amides is 1. The van der Waals surface area contributed by atoms with E-state index < -0.39 is 0 Å². The zero-order valence-electron chi connectivity index (χ0n) is 16.8. The van der Waals surface area contributed by atoms with Crippen molar-refractivity contribution >= 4 is 5.91 Å². The van der Waals surface area contributed by atoms with Crippen LogP contribution in [0.15, 0.2) is 48.5 Å². The zero-order chi connectivity index (χ0) is 19.8. The second-order valence-electron chi connectivity index (χ2n) is 7.12. The summed E-state index contributed by atoms with van der Waals surface area (Å²) in [6.07, 6.45) is 3.51. The highest BCUT2D eigenvalue weighted by Crippen LogP contribution is 2.31. The van der Waals surface area contributed by atoms with Crippen LogP contribution < -0.4 is 14.8 Å². The minimum absolute atomic E-state index is 0.0602. The number of rotatable bonds is 9. The maximum atomic E-state index is 12.5. The molecule has 28 heavy (non-hydrogen) atoms. The molecule has 5 heteroatoms. The van der Waals surface area contributed by atoms with Crippen molar-refractivity contribution in [3.05, 3.63) is 59.7 Å². The van der Waals surface area contributed by atoms with E-state index >= 15 is 0 Å². The molecule has 0 aromatic heterocycles. The van der Waals surface area contributed by atoms with Gasteiger partial charge in [-0.15, -0.1) is 0 Å². The van der Waals surface area contributed by atoms with Crippen LogP contribution in [0.2, 0.25) is 0 Å². The summed E-state index contributed by atoms with van der Waals surface area (Å²) in [4.78, 5) is 15.0. The molecule has 1 aliphatic heterocycles. The Kier molecular flexibility index (Phi) is 7.31. The van der Waals surface area contributed by atoms with Crippen LogP contribution >= 0.6 is 0 Å². The van der Waals surface area contributed by atoms with Crippen molar-refractivity contribution in [1.29, 1.82) is 0 Å². The van der Waals surface area contributed by atoms with Crippen LogP contribution in [-0.4, -0.2) is 44.7 Å². The van der Waals surface area contributed by atoms with Crippen molar-refractivity contribution in [3.8, 4) is 11.5 Å². The van der Waals surface area contributed by atoms with Gasteiger partial charge in [-0.3, -0.25) is 9.69 Å². The standard InChI is InChI=1S/C23H30N2O3/c1-27-21-11-5-3-9-18(21)13-14-23(26)24-17-20(25-15-7-8-16-25)19-10-4-6-12-22(19)28-2/h3-6,9-12,20H,7-8,13-17H2,1-2H3,(H,24,26). The highest BCUT2D eigenvalue weighted by molar-refractivity contribution is 5.76. The molecule has 2 aromatic carbocycles. The molecule has 0 spiro atoms. The summed E-state index contributed by atoms with van der Waals surface area (Å²) in [5.74, 6) is 1.77. The van der Waals surface area contributed by atoms with Gasteiger partial charge in [0.2, 0.25) is 5.91 Å². The summed E-state index contributed by atoms with van der Waals surface area (Å²) in [5.41, 5.74) is 2.19. The van der Waals surface area contributed by atoms with Gasteiger partial charge in [-0.2, -0.15) is 0 Å². The Morgan fingerprint density at radius 1 is 1.00 bits per heavy atom. The molecule has 2 aromatic rings. The normalized spacial score (nSPS) is 15.2. The molecule has 0 bridgehead atoms. The number of hydrogen-bond donors (Lipinski definition) is 1. The van der Waals surface area contributed by atoms with Gasteiger partial charge in [0, 0.05) is 18.5 Å². The molecule has 1 amide bonds. The highest BCUT2D eigenvalue weighted by atomic mass is 16.5. The average molecular weight is 383 g/mol. The molecule has 150 valence electrons. The molecule has 5 nitrogen and oxygen atoms in total. The Hall–Kier alpha value is -2.53. The lowest BCUT2D eigenvalue weighted by atomic mass is 10.0. The lowest BCUT2D eigenvalue weighted by Crippen LogP contribution is -2.37. The molecule has 1 aliphatic rings. The maximum absolute atomic E-state index is 12.5. The van der Waals surface area contributed by atoms with Crippen molar-refractivity contribution in [3.63, 3.8) is 0 Å². The number of hydrogen-bond acceptors (Lipinski definition) is 4. The van der Waals surface area contributed by atoms with Crippen molar-refractivity contribution in [2.45, 2.75) is 31.7 Å². The zero-order valence-corrected chi connectivity index (χ0v) is 16.8. The third-order valence-electron chi connectivity index (χ3n) is 5.39. The molecule has 0 radical (unpaired) electrons. The lowest BCUT2D eigenvalue weighted by molar-refractivity contribution is -0.121. The van der Waals surface area contributed by atoms with Gasteiger partial charge in [-0.05, 0) is 50.0 Å². The van der Waals surface area contributed by atoms with Crippen molar-refractivity contribution in [1.82, 2.24) is 10.2 Å². The van der Waals surface area contributed by atoms with Gasteiger partial charge in [0.05, 0.1) is 20.3 Å².